The van der Waals surface area contributed by atoms with Crippen molar-refractivity contribution in [3.05, 3.63) is 27.2 Å². The van der Waals surface area contributed by atoms with Crippen LogP contribution < -0.4 is 5.73 Å². The first kappa shape index (κ1) is 9.57. The largest absolute Gasteiger partial charge is 0.398 e. The molecule has 0 unspecified atom stereocenters. The Bertz CT molecular complexity index is 438. The van der Waals surface area contributed by atoms with Crippen LogP contribution in [0.2, 0.25) is 0 Å². The lowest BCUT2D eigenvalue weighted by Gasteiger charge is -2.05. The van der Waals surface area contributed by atoms with E-state index < -0.39 is 0 Å². The molecular formula is C9H6BrN3. The molecule has 0 aromatic heterocycles. The van der Waals surface area contributed by atoms with Crippen LogP contribution in [0, 0.1) is 29.6 Å². The summed E-state index contributed by atoms with van der Waals surface area (Å²) in [5.74, 6) is 0. The van der Waals surface area contributed by atoms with Crippen molar-refractivity contribution in [2.45, 2.75) is 6.92 Å². The van der Waals surface area contributed by atoms with Crippen LogP contribution in [0.1, 0.15) is 16.7 Å². The lowest BCUT2D eigenvalue weighted by atomic mass is 10.0. The smallest absolute Gasteiger partial charge is 0.102 e. The van der Waals surface area contributed by atoms with Crippen LogP contribution in [0.5, 0.6) is 0 Å². The molecule has 0 aliphatic rings. The fourth-order valence-electron chi connectivity index (χ4n) is 1.05. The minimum absolute atomic E-state index is 0.347. The standard InChI is InChI=1S/C9H6BrN3/c1-5-7(4-12)8(13)2-6(3-11)9(5)10/h2H,13H2,1H3. The average molecular weight is 236 g/mol. The number of nitrogens with zero attached hydrogens (tertiary/aromatic N) is 2. The van der Waals surface area contributed by atoms with E-state index in [-0.39, 0.29) is 0 Å². The number of nitriles is 2. The second kappa shape index (κ2) is 3.47. The van der Waals surface area contributed by atoms with Gasteiger partial charge in [-0.3, -0.25) is 0 Å². The first-order valence-electron chi connectivity index (χ1n) is 3.50. The van der Waals surface area contributed by atoms with Crippen LogP contribution in [0.3, 0.4) is 0 Å². The molecule has 1 aromatic carbocycles. The summed E-state index contributed by atoms with van der Waals surface area (Å²) in [6.07, 6.45) is 0. The third kappa shape index (κ3) is 1.49. The van der Waals surface area contributed by atoms with E-state index in [0.29, 0.717) is 26.9 Å². The van der Waals surface area contributed by atoms with Crippen molar-refractivity contribution in [2.75, 3.05) is 5.73 Å². The van der Waals surface area contributed by atoms with Crippen molar-refractivity contribution < 1.29 is 0 Å². The number of rotatable bonds is 0. The van der Waals surface area contributed by atoms with E-state index in [1.165, 1.54) is 6.07 Å². The molecule has 0 spiro atoms. The summed E-state index contributed by atoms with van der Waals surface area (Å²) in [5, 5.41) is 17.5. The van der Waals surface area contributed by atoms with E-state index >= 15 is 0 Å². The van der Waals surface area contributed by atoms with Crippen LogP contribution in [-0.2, 0) is 0 Å². The molecule has 0 fully saturated rings. The van der Waals surface area contributed by atoms with Crippen molar-refractivity contribution in [1.29, 1.82) is 10.5 Å². The molecule has 3 nitrogen and oxygen atoms in total. The van der Waals surface area contributed by atoms with Crippen LogP contribution >= 0.6 is 15.9 Å². The number of halogens is 1. The second-order valence-corrected chi connectivity index (χ2v) is 3.34. The van der Waals surface area contributed by atoms with Gasteiger partial charge in [-0.15, -0.1) is 0 Å². The zero-order valence-corrected chi connectivity index (χ0v) is 8.51. The first-order chi connectivity index (χ1) is 6.11. The van der Waals surface area contributed by atoms with Crippen molar-refractivity contribution >= 4 is 21.6 Å². The second-order valence-electron chi connectivity index (χ2n) is 2.55. The molecule has 13 heavy (non-hydrogen) atoms. The van der Waals surface area contributed by atoms with Crippen LogP contribution in [0.25, 0.3) is 0 Å². The van der Waals surface area contributed by atoms with Crippen molar-refractivity contribution in [2.24, 2.45) is 0 Å². The van der Waals surface area contributed by atoms with Gasteiger partial charge in [-0.2, -0.15) is 10.5 Å². The van der Waals surface area contributed by atoms with Gasteiger partial charge in [0.1, 0.15) is 12.1 Å². The van der Waals surface area contributed by atoms with E-state index in [1.54, 1.807) is 6.92 Å². The van der Waals surface area contributed by atoms with Gasteiger partial charge < -0.3 is 5.73 Å². The Hall–Kier alpha value is -1.52. The quantitative estimate of drug-likeness (QED) is 0.700. The Labute approximate surface area is 84.5 Å². The lowest BCUT2D eigenvalue weighted by molar-refractivity contribution is 1.34. The van der Waals surface area contributed by atoms with Gasteiger partial charge in [0, 0.05) is 4.47 Å². The van der Waals surface area contributed by atoms with Crippen LogP contribution in [-0.4, -0.2) is 0 Å². The Morgan fingerprint density at radius 2 is 2.00 bits per heavy atom. The Balaban J connectivity index is 3.60. The summed E-state index contributed by atoms with van der Waals surface area (Å²) in [7, 11) is 0. The number of nitrogens with two attached hydrogens (primary N) is 1. The summed E-state index contributed by atoms with van der Waals surface area (Å²) in [5.41, 5.74) is 7.51. The van der Waals surface area contributed by atoms with Gasteiger partial charge in [0.05, 0.1) is 16.8 Å². The molecule has 0 bridgehead atoms. The highest BCUT2D eigenvalue weighted by atomic mass is 79.9. The number of hydrogen-bond donors (Lipinski definition) is 1. The molecule has 0 atom stereocenters. The highest BCUT2D eigenvalue weighted by Gasteiger charge is 2.10. The monoisotopic (exact) mass is 235 g/mol. The van der Waals surface area contributed by atoms with Crippen molar-refractivity contribution in [3.8, 4) is 12.1 Å². The van der Waals surface area contributed by atoms with E-state index in [2.05, 4.69) is 15.9 Å². The molecule has 0 radical (unpaired) electrons. The predicted molar refractivity (Wildman–Crippen MR) is 52.7 cm³/mol. The normalized spacial score (nSPS) is 8.92. The lowest BCUT2D eigenvalue weighted by Crippen LogP contribution is -1.96. The van der Waals surface area contributed by atoms with Gasteiger partial charge >= 0.3 is 0 Å². The third-order valence-corrected chi connectivity index (χ3v) is 2.78. The van der Waals surface area contributed by atoms with Gasteiger partial charge in [-0.25, -0.2) is 0 Å². The zero-order chi connectivity index (χ0) is 10.0. The van der Waals surface area contributed by atoms with Crippen LogP contribution in [0.15, 0.2) is 10.5 Å². The maximum Gasteiger partial charge on any atom is 0.102 e. The molecule has 4 heteroatoms. The van der Waals surface area contributed by atoms with E-state index in [9.17, 15) is 0 Å². The third-order valence-electron chi connectivity index (χ3n) is 1.76. The van der Waals surface area contributed by atoms with Gasteiger partial charge in [0.25, 0.3) is 0 Å². The zero-order valence-electron chi connectivity index (χ0n) is 6.93. The fraction of sp³-hybridized carbons (Fsp3) is 0.111. The molecule has 64 valence electrons. The molecule has 1 rings (SSSR count). The average Bonchev–Trinajstić information content (AvgIpc) is 2.12. The van der Waals surface area contributed by atoms with Gasteiger partial charge in [-0.1, -0.05) is 0 Å². The Kier molecular flexibility index (Phi) is 2.55. The molecule has 0 saturated heterocycles. The number of nitrogen functional groups attached to an aromatic ring is 1. The summed E-state index contributed by atoms with van der Waals surface area (Å²) in [6, 6.07) is 5.48. The SMILES string of the molecule is Cc1c(Br)c(C#N)cc(N)c1C#N. The van der Waals surface area contributed by atoms with E-state index in [1.807, 2.05) is 12.1 Å². The fourth-order valence-corrected chi connectivity index (χ4v) is 1.45. The summed E-state index contributed by atoms with van der Waals surface area (Å²) < 4.78 is 0.640. The highest BCUT2D eigenvalue weighted by molar-refractivity contribution is 9.10. The topological polar surface area (TPSA) is 73.6 Å². The highest BCUT2D eigenvalue weighted by Crippen LogP contribution is 2.27. The molecule has 0 amide bonds. The van der Waals surface area contributed by atoms with Crippen molar-refractivity contribution in [3.63, 3.8) is 0 Å². The van der Waals surface area contributed by atoms with Crippen LogP contribution in [0.4, 0.5) is 5.69 Å². The van der Waals surface area contributed by atoms with Gasteiger partial charge in [0.2, 0.25) is 0 Å². The van der Waals surface area contributed by atoms with E-state index in [0.717, 1.165) is 0 Å². The Morgan fingerprint density at radius 3 is 2.46 bits per heavy atom. The summed E-state index contributed by atoms with van der Waals surface area (Å²) >= 11 is 3.24. The molecule has 2 N–H and O–H groups in total. The molecule has 0 aliphatic carbocycles. The number of benzene rings is 1. The molecule has 1 aromatic rings. The molecular weight excluding hydrogens is 230 g/mol. The number of anilines is 1. The maximum absolute atomic E-state index is 8.75. The molecule has 0 heterocycles. The van der Waals surface area contributed by atoms with E-state index in [4.69, 9.17) is 16.3 Å². The first-order valence-corrected chi connectivity index (χ1v) is 4.30. The molecule has 0 saturated carbocycles. The minimum Gasteiger partial charge on any atom is -0.398 e. The van der Waals surface area contributed by atoms with Gasteiger partial charge in [-0.05, 0) is 34.5 Å². The summed E-state index contributed by atoms with van der Waals surface area (Å²) in [6.45, 7) is 1.75. The minimum atomic E-state index is 0.347. The summed E-state index contributed by atoms with van der Waals surface area (Å²) in [4.78, 5) is 0. The van der Waals surface area contributed by atoms with Gasteiger partial charge in [0.15, 0.2) is 0 Å². The maximum atomic E-state index is 8.75. The number of hydrogen-bond acceptors (Lipinski definition) is 3. The predicted octanol–water partition coefficient (Wildman–Crippen LogP) is 2.08. The Morgan fingerprint density at radius 1 is 1.38 bits per heavy atom. The molecule has 0 aliphatic heterocycles. The van der Waals surface area contributed by atoms with Crippen molar-refractivity contribution in [1.82, 2.24) is 0 Å².